The lowest BCUT2D eigenvalue weighted by molar-refractivity contribution is -0.120. The van der Waals surface area contributed by atoms with Crippen LogP contribution in [-0.4, -0.2) is 72.6 Å². The summed E-state index contributed by atoms with van der Waals surface area (Å²) in [6.45, 7) is 2.81. The molecule has 2 unspecified atom stereocenters. The maximum absolute atomic E-state index is 12.9. The molecule has 11 nitrogen and oxygen atoms in total. The van der Waals surface area contributed by atoms with E-state index >= 15 is 0 Å². The predicted molar refractivity (Wildman–Crippen MR) is 169 cm³/mol. The molecule has 2 fully saturated rings. The van der Waals surface area contributed by atoms with Crippen molar-refractivity contribution in [1.82, 2.24) is 39.4 Å². The Morgan fingerprint density at radius 3 is 2.59 bits per heavy atom. The molecule has 1 aromatic carbocycles. The fourth-order valence-electron chi connectivity index (χ4n) is 6.73. The number of pyridine rings is 1. The van der Waals surface area contributed by atoms with Gasteiger partial charge in [-0.25, -0.2) is 19.0 Å². The number of rotatable bonds is 9. The third-order valence-electron chi connectivity index (χ3n) is 8.75. The number of ether oxygens (including phenoxy) is 1. The highest BCUT2D eigenvalue weighted by atomic mass is 16.5. The summed E-state index contributed by atoms with van der Waals surface area (Å²) in [7, 11) is 4.02. The van der Waals surface area contributed by atoms with Crippen LogP contribution in [0.25, 0.3) is 11.2 Å². The van der Waals surface area contributed by atoms with Crippen LogP contribution in [0.1, 0.15) is 42.7 Å². The van der Waals surface area contributed by atoms with Crippen LogP contribution in [0.3, 0.4) is 0 Å². The fraction of sp³-hybridized carbons (Fsp3) is 0.364. The minimum atomic E-state index is 0.0951. The van der Waals surface area contributed by atoms with Crippen LogP contribution >= 0.6 is 0 Å². The highest BCUT2D eigenvalue weighted by Gasteiger charge is 2.38. The predicted octanol–water partition coefficient (Wildman–Crippen LogP) is 4.92. The maximum Gasteiger partial charge on any atom is 0.158 e. The molecule has 4 aromatic heterocycles. The molecule has 2 saturated heterocycles. The first-order valence-corrected chi connectivity index (χ1v) is 15.2. The number of carbonyl (C=O) groups is 1. The van der Waals surface area contributed by atoms with Gasteiger partial charge in [0.15, 0.2) is 17.2 Å². The van der Waals surface area contributed by atoms with E-state index in [0.29, 0.717) is 23.8 Å². The highest BCUT2D eigenvalue weighted by Crippen LogP contribution is 2.41. The van der Waals surface area contributed by atoms with Crippen molar-refractivity contribution in [2.24, 2.45) is 5.92 Å². The first-order chi connectivity index (χ1) is 21.4. The van der Waals surface area contributed by atoms with E-state index in [1.807, 2.05) is 68.3 Å². The summed E-state index contributed by atoms with van der Waals surface area (Å²) >= 11 is 0. The van der Waals surface area contributed by atoms with Gasteiger partial charge in [0.05, 0.1) is 0 Å². The second kappa shape index (κ2) is 11.8. The van der Waals surface area contributed by atoms with Gasteiger partial charge in [-0.2, -0.15) is 10.2 Å². The lowest BCUT2D eigenvalue weighted by Crippen LogP contribution is -2.51. The molecule has 0 spiro atoms. The van der Waals surface area contributed by atoms with Crippen molar-refractivity contribution in [2.75, 3.05) is 26.0 Å². The topological polar surface area (TPSA) is 114 Å². The Labute approximate surface area is 256 Å². The van der Waals surface area contributed by atoms with Crippen LogP contribution in [0.15, 0.2) is 73.6 Å². The van der Waals surface area contributed by atoms with Gasteiger partial charge in [0, 0.05) is 48.7 Å². The van der Waals surface area contributed by atoms with Crippen molar-refractivity contribution in [3.05, 3.63) is 84.7 Å². The molecule has 2 aliphatic rings. The quantitative estimate of drug-likeness (QED) is 0.231. The molecule has 0 aliphatic carbocycles. The van der Waals surface area contributed by atoms with E-state index in [1.54, 1.807) is 16.9 Å². The molecule has 2 aliphatic heterocycles. The van der Waals surface area contributed by atoms with E-state index in [2.05, 4.69) is 47.8 Å². The van der Waals surface area contributed by atoms with Gasteiger partial charge < -0.3 is 20.3 Å². The second-order valence-corrected chi connectivity index (χ2v) is 12.3. The minimum absolute atomic E-state index is 0.0951. The zero-order valence-electron chi connectivity index (χ0n) is 25.2. The molecule has 7 rings (SSSR count). The number of hydrogen-bond acceptors (Lipinski definition) is 9. The Kier molecular flexibility index (Phi) is 7.57. The van der Waals surface area contributed by atoms with Crippen LogP contribution in [0, 0.1) is 12.8 Å². The van der Waals surface area contributed by atoms with E-state index in [0.717, 1.165) is 66.2 Å². The van der Waals surface area contributed by atoms with E-state index in [4.69, 9.17) is 4.74 Å². The molecular formula is C33H37N9O2. The molecular weight excluding hydrogens is 554 g/mol. The Morgan fingerprint density at radius 1 is 1.02 bits per heavy atom. The number of piperidine rings is 2. The third kappa shape index (κ3) is 5.80. The molecule has 226 valence electrons. The van der Waals surface area contributed by atoms with Crippen molar-refractivity contribution >= 4 is 28.5 Å². The van der Waals surface area contributed by atoms with Crippen molar-refractivity contribution in [2.45, 2.75) is 50.6 Å². The lowest BCUT2D eigenvalue weighted by Gasteiger charge is -2.43. The minimum Gasteiger partial charge on any atom is -0.457 e. The highest BCUT2D eigenvalue weighted by molar-refractivity contribution is 5.92. The summed E-state index contributed by atoms with van der Waals surface area (Å²) in [5, 5.41) is 16.0. The Morgan fingerprint density at radius 2 is 1.80 bits per heavy atom. The zero-order chi connectivity index (χ0) is 30.2. The third-order valence-corrected chi connectivity index (χ3v) is 8.75. The average molecular weight is 592 g/mol. The molecule has 5 aromatic rings. The first-order valence-electron chi connectivity index (χ1n) is 15.2. The smallest absolute Gasteiger partial charge is 0.158 e. The van der Waals surface area contributed by atoms with Gasteiger partial charge in [0.1, 0.15) is 29.7 Å². The van der Waals surface area contributed by atoms with Crippen molar-refractivity contribution in [3.63, 3.8) is 0 Å². The van der Waals surface area contributed by atoms with Gasteiger partial charge in [0.2, 0.25) is 0 Å². The van der Waals surface area contributed by atoms with E-state index in [1.165, 1.54) is 11.9 Å². The molecule has 0 amide bonds. The number of aromatic nitrogens is 6. The number of aryl methyl sites for hydroxylation is 1. The summed E-state index contributed by atoms with van der Waals surface area (Å²) in [6, 6.07) is 12.6. The van der Waals surface area contributed by atoms with Crippen molar-refractivity contribution < 1.29 is 9.53 Å². The number of benzene rings is 1. The van der Waals surface area contributed by atoms with E-state index in [9.17, 15) is 4.79 Å². The molecule has 44 heavy (non-hydrogen) atoms. The van der Waals surface area contributed by atoms with Crippen LogP contribution in [0.4, 0.5) is 11.5 Å². The van der Waals surface area contributed by atoms with Gasteiger partial charge in [-0.15, -0.1) is 0 Å². The summed E-state index contributed by atoms with van der Waals surface area (Å²) in [5.41, 5.74) is 4.88. The van der Waals surface area contributed by atoms with Gasteiger partial charge in [-0.3, -0.25) is 4.79 Å². The van der Waals surface area contributed by atoms with Crippen molar-refractivity contribution in [1.29, 1.82) is 0 Å². The Bertz CT molecular complexity index is 1830. The fourth-order valence-corrected chi connectivity index (χ4v) is 6.73. The van der Waals surface area contributed by atoms with Gasteiger partial charge in [0.25, 0.3) is 0 Å². The van der Waals surface area contributed by atoms with Crippen LogP contribution < -0.4 is 15.4 Å². The Balaban J connectivity index is 1.07. The Hall–Kier alpha value is -4.61. The number of likely N-dealkylation sites (N-methyl/N-ethyl adjacent to an activating group) is 1. The second-order valence-electron chi connectivity index (χ2n) is 12.3. The number of ketones is 1. The number of nitrogens with zero attached hydrogens (tertiary/aromatic N) is 7. The van der Waals surface area contributed by atoms with Crippen molar-refractivity contribution in [3.8, 4) is 11.5 Å². The number of anilines is 2. The number of nitrogens with one attached hydrogen (secondary N) is 2. The SMILES string of the molecule is Cc1cc(Nc2ncnn3ccc(C4CC5CC(C(=O)/C=C/CN(C)C)CC(C4)N5)c23)ccc1Oc1ccn2ncnc2c1. The molecule has 0 radical (unpaired) electrons. The van der Waals surface area contributed by atoms with Crippen LogP contribution in [0.2, 0.25) is 0 Å². The molecule has 2 N–H and O–H groups in total. The standard InChI is InChI=1S/C33H37N9O2/c1-21-13-24(6-7-30(21)44-27-8-11-41-31(18-27)34-19-36-41)39-33-32-28(9-12-42(32)37-20-35-33)22-14-25-16-23(17-26(15-22)38-25)29(43)5-4-10-40(2)3/h4-9,11-13,18-20,22-23,25-26,38H,10,14-17H2,1-3H3,(H,35,37,39)/b5-4+. The number of hydrogen-bond donors (Lipinski definition) is 2. The molecule has 2 bridgehead atoms. The average Bonchev–Trinajstić information content (AvgIpc) is 3.65. The molecule has 2 atom stereocenters. The van der Waals surface area contributed by atoms with E-state index in [-0.39, 0.29) is 11.7 Å². The lowest BCUT2D eigenvalue weighted by atomic mass is 9.72. The normalized spacial score (nSPS) is 21.8. The first kappa shape index (κ1) is 28.2. The monoisotopic (exact) mass is 591 g/mol. The van der Waals surface area contributed by atoms with Crippen LogP contribution in [0.5, 0.6) is 11.5 Å². The maximum atomic E-state index is 12.9. The molecule has 6 heterocycles. The number of fused-ring (bicyclic) bond motifs is 4. The summed E-state index contributed by atoms with van der Waals surface area (Å²) in [4.78, 5) is 23.9. The van der Waals surface area contributed by atoms with Gasteiger partial charge >= 0.3 is 0 Å². The van der Waals surface area contributed by atoms with Gasteiger partial charge in [-0.1, -0.05) is 6.08 Å². The molecule has 0 saturated carbocycles. The summed E-state index contributed by atoms with van der Waals surface area (Å²) < 4.78 is 9.78. The largest absolute Gasteiger partial charge is 0.457 e. The molecule has 11 heteroatoms. The van der Waals surface area contributed by atoms with Crippen LogP contribution in [-0.2, 0) is 4.79 Å². The van der Waals surface area contributed by atoms with Gasteiger partial charge in [-0.05, 0) is 100 Å². The zero-order valence-corrected chi connectivity index (χ0v) is 25.2. The summed E-state index contributed by atoms with van der Waals surface area (Å²) in [5.74, 6) is 2.96. The summed E-state index contributed by atoms with van der Waals surface area (Å²) in [6.07, 6.45) is 14.5. The number of carbonyl (C=O) groups excluding carboxylic acids is 1. The number of allylic oxidation sites excluding steroid dienone is 1. The van der Waals surface area contributed by atoms with E-state index < -0.39 is 0 Å².